The summed E-state index contributed by atoms with van der Waals surface area (Å²) in [4.78, 5) is 23.1. The number of hydrogen-bond acceptors (Lipinski definition) is 2. The molecule has 110 valence electrons. The summed E-state index contributed by atoms with van der Waals surface area (Å²) < 4.78 is 0. The molecule has 0 radical (unpaired) electrons. The molecular weight excluding hydrogens is 320 g/mol. The Morgan fingerprint density at radius 3 is 2.50 bits per heavy atom. The van der Waals surface area contributed by atoms with E-state index in [0.29, 0.717) is 6.54 Å². The lowest BCUT2D eigenvalue weighted by atomic mass is 10.2. The highest BCUT2D eigenvalue weighted by Gasteiger charge is 2.13. The van der Waals surface area contributed by atoms with Gasteiger partial charge in [0.1, 0.15) is 0 Å². The number of carbonyl (C=O) groups is 2. The second-order valence-corrected chi connectivity index (χ2v) is 5.82. The summed E-state index contributed by atoms with van der Waals surface area (Å²) in [5, 5.41) is 5.54. The van der Waals surface area contributed by atoms with Gasteiger partial charge in [-0.25, -0.2) is 0 Å². The average molecular weight is 341 g/mol. The molecular formula is C15H21BrN2O2. The molecule has 0 spiro atoms. The molecule has 1 atom stereocenters. The number of aryl methyl sites for hydroxylation is 1. The lowest BCUT2D eigenvalue weighted by Gasteiger charge is -2.10. The minimum absolute atomic E-state index is 0.0602. The number of benzene rings is 1. The molecule has 0 aliphatic rings. The van der Waals surface area contributed by atoms with Crippen LogP contribution >= 0.6 is 15.9 Å². The van der Waals surface area contributed by atoms with E-state index < -0.39 is 0 Å². The fourth-order valence-corrected chi connectivity index (χ4v) is 2.27. The molecule has 0 bridgehead atoms. The largest absolute Gasteiger partial charge is 0.355 e. The summed E-state index contributed by atoms with van der Waals surface area (Å²) in [6.45, 7) is 4.37. The molecule has 0 aromatic heterocycles. The Balaban J connectivity index is 2.26. The average Bonchev–Trinajstić information content (AvgIpc) is 2.41. The van der Waals surface area contributed by atoms with Crippen molar-refractivity contribution in [1.29, 1.82) is 0 Å². The Morgan fingerprint density at radius 1 is 1.25 bits per heavy atom. The van der Waals surface area contributed by atoms with Crippen molar-refractivity contribution in [3.63, 3.8) is 0 Å². The van der Waals surface area contributed by atoms with Crippen LogP contribution in [0.4, 0.5) is 5.69 Å². The van der Waals surface area contributed by atoms with Gasteiger partial charge >= 0.3 is 0 Å². The minimum atomic E-state index is -0.173. The number of amides is 2. The molecule has 20 heavy (non-hydrogen) atoms. The summed E-state index contributed by atoms with van der Waals surface area (Å²) >= 11 is 3.32. The quantitative estimate of drug-likeness (QED) is 0.749. The Hall–Kier alpha value is -1.36. The van der Waals surface area contributed by atoms with Gasteiger partial charge in [-0.3, -0.25) is 9.59 Å². The number of halogens is 1. The lowest BCUT2D eigenvalue weighted by Crippen LogP contribution is -2.33. The summed E-state index contributed by atoms with van der Waals surface area (Å²) in [5.74, 6) is -0.161. The van der Waals surface area contributed by atoms with Crippen LogP contribution in [0.15, 0.2) is 24.3 Å². The smallest absolute Gasteiger partial charge is 0.233 e. The van der Waals surface area contributed by atoms with Crippen molar-refractivity contribution in [1.82, 2.24) is 5.32 Å². The van der Waals surface area contributed by atoms with Gasteiger partial charge in [0.15, 0.2) is 0 Å². The van der Waals surface area contributed by atoms with Crippen molar-refractivity contribution < 1.29 is 9.59 Å². The molecule has 0 saturated heterocycles. The first-order chi connectivity index (χ1) is 9.52. The maximum Gasteiger partial charge on any atom is 0.233 e. The van der Waals surface area contributed by atoms with Crippen LogP contribution in [0.2, 0.25) is 0 Å². The first-order valence-electron chi connectivity index (χ1n) is 6.81. The lowest BCUT2D eigenvalue weighted by molar-refractivity contribution is -0.120. The summed E-state index contributed by atoms with van der Waals surface area (Å²) in [7, 11) is 0. The standard InChI is InChI=1S/C15H21BrN2O2/c1-3-4-13(16)15(20)17-10-9-14(19)18-12-7-5-11(2)6-8-12/h5-8,13H,3-4,9-10H2,1-2H3,(H,17,20)(H,18,19)/t13-/m0/s1. The van der Waals surface area contributed by atoms with Gasteiger partial charge in [0.05, 0.1) is 4.83 Å². The number of hydrogen-bond donors (Lipinski definition) is 2. The Kier molecular flexibility index (Phi) is 7.30. The fourth-order valence-electron chi connectivity index (χ4n) is 1.65. The van der Waals surface area contributed by atoms with E-state index in [1.165, 1.54) is 0 Å². The highest BCUT2D eigenvalue weighted by atomic mass is 79.9. The van der Waals surface area contributed by atoms with Gasteiger partial charge in [-0.1, -0.05) is 47.0 Å². The molecule has 2 N–H and O–H groups in total. The van der Waals surface area contributed by atoms with Gasteiger partial charge in [-0.2, -0.15) is 0 Å². The van der Waals surface area contributed by atoms with E-state index in [1.807, 2.05) is 38.1 Å². The monoisotopic (exact) mass is 340 g/mol. The van der Waals surface area contributed by atoms with Crippen LogP contribution in [-0.2, 0) is 9.59 Å². The van der Waals surface area contributed by atoms with Crippen molar-refractivity contribution in [2.24, 2.45) is 0 Å². The minimum Gasteiger partial charge on any atom is -0.355 e. The first-order valence-corrected chi connectivity index (χ1v) is 7.72. The van der Waals surface area contributed by atoms with Gasteiger partial charge in [0.25, 0.3) is 0 Å². The predicted molar refractivity (Wildman–Crippen MR) is 85.1 cm³/mol. The molecule has 1 rings (SSSR count). The number of nitrogens with one attached hydrogen (secondary N) is 2. The maximum absolute atomic E-state index is 11.7. The molecule has 0 aliphatic heterocycles. The zero-order valence-electron chi connectivity index (χ0n) is 11.9. The van der Waals surface area contributed by atoms with E-state index in [2.05, 4.69) is 26.6 Å². The van der Waals surface area contributed by atoms with E-state index in [1.54, 1.807) is 0 Å². The van der Waals surface area contributed by atoms with Crippen molar-refractivity contribution in [3.05, 3.63) is 29.8 Å². The molecule has 1 aromatic carbocycles. The number of anilines is 1. The summed E-state index contributed by atoms with van der Waals surface area (Å²) in [5.41, 5.74) is 1.92. The highest BCUT2D eigenvalue weighted by Crippen LogP contribution is 2.09. The van der Waals surface area contributed by atoms with Crippen molar-refractivity contribution in [2.75, 3.05) is 11.9 Å². The SMILES string of the molecule is CCC[C@H](Br)C(=O)NCCC(=O)Nc1ccc(C)cc1. The highest BCUT2D eigenvalue weighted by molar-refractivity contribution is 9.10. The second-order valence-electron chi connectivity index (χ2n) is 4.71. The van der Waals surface area contributed by atoms with Crippen LogP contribution in [0.5, 0.6) is 0 Å². The normalized spacial score (nSPS) is 11.8. The van der Waals surface area contributed by atoms with E-state index in [0.717, 1.165) is 24.1 Å². The van der Waals surface area contributed by atoms with E-state index in [9.17, 15) is 9.59 Å². The number of rotatable bonds is 7. The Labute approximate surface area is 128 Å². The molecule has 0 unspecified atom stereocenters. The number of carbonyl (C=O) groups excluding carboxylic acids is 2. The Bertz CT molecular complexity index is 446. The summed E-state index contributed by atoms with van der Waals surface area (Å²) in [6, 6.07) is 7.61. The van der Waals surface area contributed by atoms with Gasteiger partial charge in [-0.15, -0.1) is 0 Å². The van der Waals surface area contributed by atoms with E-state index >= 15 is 0 Å². The van der Waals surface area contributed by atoms with Crippen LogP contribution in [0, 0.1) is 6.92 Å². The Morgan fingerprint density at radius 2 is 1.90 bits per heavy atom. The fraction of sp³-hybridized carbons (Fsp3) is 0.467. The molecule has 5 heteroatoms. The molecule has 0 fully saturated rings. The zero-order chi connectivity index (χ0) is 15.0. The third-order valence-corrected chi connectivity index (χ3v) is 3.69. The zero-order valence-corrected chi connectivity index (χ0v) is 13.5. The molecule has 0 saturated carbocycles. The second kappa shape index (κ2) is 8.74. The maximum atomic E-state index is 11.7. The van der Waals surface area contributed by atoms with Crippen LogP contribution in [-0.4, -0.2) is 23.2 Å². The molecule has 2 amide bonds. The van der Waals surface area contributed by atoms with Gasteiger partial charge in [0.2, 0.25) is 11.8 Å². The van der Waals surface area contributed by atoms with E-state index in [-0.39, 0.29) is 23.1 Å². The van der Waals surface area contributed by atoms with Crippen molar-refractivity contribution in [3.8, 4) is 0 Å². The molecule has 0 aliphatic carbocycles. The van der Waals surface area contributed by atoms with Crippen LogP contribution in [0.3, 0.4) is 0 Å². The van der Waals surface area contributed by atoms with Gasteiger partial charge in [-0.05, 0) is 25.5 Å². The van der Waals surface area contributed by atoms with Crippen LogP contribution in [0.1, 0.15) is 31.7 Å². The van der Waals surface area contributed by atoms with Crippen LogP contribution in [0.25, 0.3) is 0 Å². The van der Waals surface area contributed by atoms with Crippen molar-refractivity contribution >= 4 is 33.4 Å². The number of alkyl halides is 1. The predicted octanol–water partition coefficient (Wildman–Crippen LogP) is 3.00. The topological polar surface area (TPSA) is 58.2 Å². The molecule has 0 heterocycles. The van der Waals surface area contributed by atoms with Gasteiger partial charge in [0, 0.05) is 18.7 Å². The van der Waals surface area contributed by atoms with E-state index in [4.69, 9.17) is 0 Å². The van der Waals surface area contributed by atoms with Crippen LogP contribution < -0.4 is 10.6 Å². The molecule has 1 aromatic rings. The third-order valence-electron chi connectivity index (χ3n) is 2.81. The third kappa shape index (κ3) is 6.19. The first kappa shape index (κ1) is 16.7. The molecule has 4 nitrogen and oxygen atoms in total. The van der Waals surface area contributed by atoms with Crippen molar-refractivity contribution in [2.45, 2.75) is 37.9 Å². The summed E-state index contributed by atoms with van der Waals surface area (Å²) in [6.07, 6.45) is 2.00. The van der Waals surface area contributed by atoms with Gasteiger partial charge < -0.3 is 10.6 Å².